The van der Waals surface area contributed by atoms with Crippen LogP contribution in [0, 0.1) is 0 Å². The number of carbonyl (C=O) groups excluding carboxylic acids is 1. The minimum atomic E-state index is -4.50. The van der Waals surface area contributed by atoms with E-state index >= 15 is 0 Å². The predicted octanol–water partition coefficient (Wildman–Crippen LogP) is 2.36. The number of hydrogen-bond donors (Lipinski definition) is 1. The fourth-order valence-electron chi connectivity index (χ4n) is 1.34. The lowest BCUT2D eigenvalue weighted by Crippen LogP contribution is -2.35. The van der Waals surface area contributed by atoms with Crippen molar-refractivity contribution < 1.29 is 32.6 Å². The SMILES string of the molecule is COC(=O)N(CC(=O)O)c1ccc(C(F)(F)F)cc1. The highest BCUT2D eigenvalue weighted by molar-refractivity contribution is 5.92. The molecule has 0 spiro atoms. The van der Waals surface area contributed by atoms with E-state index in [1.165, 1.54) is 0 Å². The first-order valence-corrected chi connectivity index (χ1v) is 5.00. The molecule has 0 radical (unpaired) electrons. The summed E-state index contributed by atoms with van der Waals surface area (Å²) in [7, 11) is 1.04. The van der Waals surface area contributed by atoms with Crippen molar-refractivity contribution in [2.24, 2.45) is 0 Å². The summed E-state index contributed by atoms with van der Waals surface area (Å²) in [5.74, 6) is -1.31. The van der Waals surface area contributed by atoms with Gasteiger partial charge in [0.15, 0.2) is 0 Å². The Morgan fingerprint density at radius 3 is 2.16 bits per heavy atom. The van der Waals surface area contributed by atoms with Crippen LogP contribution < -0.4 is 4.90 Å². The van der Waals surface area contributed by atoms with Crippen LogP contribution in [0.4, 0.5) is 23.7 Å². The summed E-state index contributed by atoms with van der Waals surface area (Å²) < 4.78 is 41.4. The molecular weight excluding hydrogens is 267 g/mol. The van der Waals surface area contributed by atoms with Gasteiger partial charge in [0.25, 0.3) is 0 Å². The Kier molecular flexibility index (Phi) is 4.36. The maximum absolute atomic E-state index is 12.4. The molecule has 0 aliphatic rings. The molecule has 0 saturated carbocycles. The Morgan fingerprint density at radius 1 is 1.26 bits per heavy atom. The highest BCUT2D eigenvalue weighted by Crippen LogP contribution is 2.30. The Morgan fingerprint density at radius 2 is 1.79 bits per heavy atom. The van der Waals surface area contributed by atoms with Crippen molar-refractivity contribution in [2.75, 3.05) is 18.6 Å². The standard InChI is InChI=1S/C11H10F3NO4/c1-19-10(18)15(6-9(16)17)8-4-2-7(3-5-8)11(12,13)14/h2-5H,6H2,1H3,(H,16,17). The van der Waals surface area contributed by atoms with Crippen LogP contribution in [-0.4, -0.2) is 30.8 Å². The molecule has 0 bridgehead atoms. The first kappa shape index (κ1) is 14.8. The van der Waals surface area contributed by atoms with Gasteiger partial charge in [-0.25, -0.2) is 4.79 Å². The van der Waals surface area contributed by atoms with Crippen LogP contribution in [0.25, 0.3) is 0 Å². The second kappa shape index (κ2) is 5.59. The van der Waals surface area contributed by atoms with Crippen molar-refractivity contribution >= 4 is 17.7 Å². The van der Waals surface area contributed by atoms with E-state index in [0.717, 1.165) is 31.4 Å². The maximum Gasteiger partial charge on any atom is 0.416 e. The zero-order valence-electron chi connectivity index (χ0n) is 9.77. The topological polar surface area (TPSA) is 66.8 Å². The summed E-state index contributed by atoms with van der Waals surface area (Å²) in [5, 5.41) is 8.64. The number of carboxylic acids is 1. The van der Waals surface area contributed by atoms with E-state index in [1.54, 1.807) is 0 Å². The van der Waals surface area contributed by atoms with Crippen molar-refractivity contribution in [3.05, 3.63) is 29.8 Å². The van der Waals surface area contributed by atoms with E-state index in [4.69, 9.17) is 5.11 Å². The van der Waals surface area contributed by atoms with Gasteiger partial charge in [0.05, 0.1) is 12.7 Å². The molecule has 0 heterocycles. The maximum atomic E-state index is 12.4. The third-order valence-electron chi connectivity index (χ3n) is 2.19. The third kappa shape index (κ3) is 3.87. The Balaban J connectivity index is 3.04. The average Bonchev–Trinajstić information content (AvgIpc) is 2.34. The van der Waals surface area contributed by atoms with Crippen LogP contribution in [0.5, 0.6) is 0 Å². The number of carbonyl (C=O) groups is 2. The lowest BCUT2D eigenvalue weighted by Gasteiger charge is -2.19. The summed E-state index contributed by atoms with van der Waals surface area (Å²) in [6, 6.07) is 3.52. The van der Waals surface area contributed by atoms with Gasteiger partial charge in [-0.05, 0) is 24.3 Å². The number of anilines is 1. The second-order valence-corrected chi connectivity index (χ2v) is 3.49. The molecule has 1 rings (SSSR count). The monoisotopic (exact) mass is 277 g/mol. The van der Waals surface area contributed by atoms with E-state index in [0.29, 0.717) is 4.90 Å². The van der Waals surface area contributed by atoms with Crippen molar-refractivity contribution in [1.82, 2.24) is 0 Å². The van der Waals surface area contributed by atoms with E-state index in [-0.39, 0.29) is 5.69 Å². The van der Waals surface area contributed by atoms with Crippen molar-refractivity contribution in [3.63, 3.8) is 0 Å². The summed E-state index contributed by atoms with van der Waals surface area (Å²) in [6.07, 6.45) is -5.47. The summed E-state index contributed by atoms with van der Waals surface area (Å²) in [5.41, 5.74) is -0.890. The molecule has 5 nitrogen and oxygen atoms in total. The van der Waals surface area contributed by atoms with Gasteiger partial charge in [0, 0.05) is 5.69 Å². The number of rotatable bonds is 3. The number of aliphatic carboxylic acids is 1. The lowest BCUT2D eigenvalue weighted by molar-refractivity contribution is -0.138. The van der Waals surface area contributed by atoms with Crippen LogP contribution in [0.15, 0.2) is 24.3 Å². The van der Waals surface area contributed by atoms with Crippen LogP contribution in [0.1, 0.15) is 5.56 Å². The average molecular weight is 277 g/mol. The quantitative estimate of drug-likeness (QED) is 0.921. The number of alkyl halides is 3. The van der Waals surface area contributed by atoms with Gasteiger partial charge in [-0.3, -0.25) is 9.69 Å². The first-order valence-electron chi connectivity index (χ1n) is 5.00. The number of hydrogen-bond acceptors (Lipinski definition) is 3. The lowest BCUT2D eigenvalue weighted by atomic mass is 10.2. The van der Waals surface area contributed by atoms with Crippen LogP contribution in [0.2, 0.25) is 0 Å². The zero-order chi connectivity index (χ0) is 14.6. The van der Waals surface area contributed by atoms with E-state index in [9.17, 15) is 22.8 Å². The fourth-order valence-corrected chi connectivity index (χ4v) is 1.34. The summed E-state index contributed by atoms with van der Waals surface area (Å²) in [4.78, 5) is 22.7. The molecule has 0 fully saturated rings. The van der Waals surface area contributed by atoms with Gasteiger partial charge >= 0.3 is 18.2 Å². The zero-order valence-corrected chi connectivity index (χ0v) is 9.77. The van der Waals surface area contributed by atoms with Gasteiger partial charge in [-0.15, -0.1) is 0 Å². The van der Waals surface area contributed by atoms with Crippen molar-refractivity contribution in [1.29, 1.82) is 0 Å². The van der Waals surface area contributed by atoms with Gasteiger partial charge < -0.3 is 9.84 Å². The fraction of sp³-hybridized carbons (Fsp3) is 0.273. The summed E-state index contributed by atoms with van der Waals surface area (Å²) in [6.45, 7) is -0.710. The van der Waals surface area contributed by atoms with E-state index in [1.807, 2.05) is 0 Å². The van der Waals surface area contributed by atoms with Gasteiger partial charge in [0.2, 0.25) is 0 Å². The molecule has 0 aliphatic carbocycles. The number of ether oxygens (including phenoxy) is 1. The Labute approximate surface area is 106 Å². The van der Waals surface area contributed by atoms with Crippen LogP contribution in [-0.2, 0) is 15.7 Å². The second-order valence-electron chi connectivity index (χ2n) is 3.49. The molecular formula is C11H10F3NO4. The number of amides is 1. The molecule has 0 unspecified atom stereocenters. The van der Waals surface area contributed by atoms with Crippen molar-refractivity contribution in [3.8, 4) is 0 Å². The van der Waals surface area contributed by atoms with Gasteiger partial charge in [0.1, 0.15) is 6.54 Å². The van der Waals surface area contributed by atoms with E-state index < -0.39 is 30.3 Å². The molecule has 1 N–H and O–H groups in total. The molecule has 8 heteroatoms. The molecule has 1 aromatic carbocycles. The predicted molar refractivity (Wildman–Crippen MR) is 58.8 cm³/mol. The highest BCUT2D eigenvalue weighted by Gasteiger charge is 2.30. The smallest absolute Gasteiger partial charge is 0.416 e. The molecule has 0 aliphatic heterocycles. The first-order chi connectivity index (χ1) is 8.75. The number of methoxy groups -OCH3 is 1. The van der Waals surface area contributed by atoms with Gasteiger partial charge in [-0.2, -0.15) is 13.2 Å². The van der Waals surface area contributed by atoms with Gasteiger partial charge in [-0.1, -0.05) is 0 Å². The minimum Gasteiger partial charge on any atom is -0.480 e. The molecule has 19 heavy (non-hydrogen) atoms. The molecule has 1 amide bonds. The third-order valence-corrected chi connectivity index (χ3v) is 2.19. The van der Waals surface area contributed by atoms with Crippen molar-refractivity contribution in [2.45, 2.75) is 6.18 Å². The number of nitrogens with zero attached hydrogens (tertiary/aromatic N) is 1. The molecule has 0 saturated heterocycles. The van der Waals surface area contributed by atoms with Crippen LogP contribution >= 0.6 is 0 Å². The largest absolute Gasteiger partial charge is 0.480 e. The highest BCUT2D eigenvalue weighted by atomic mass is 19.4. The summed E-state index contributed by atoms with van der Waals surface area (Å²) >= 11 is 0. The number of benzene rings is 1. The number of carboxylic acid groups (broad SMARTS) is 1. The van der Waals surface area contributed by atoms with E-state index in [2.05, 4.69) is 4.74 Å². The number of halogens is 3. The Bertz CT molecular complexity index is 470. The molecule has 0 aromatic heterocycles. The Hall–Kier alpha value is -2.25. The molecule has 0 atom stereocenters. The van der Waals surface area contributed by atoms with Crippen LogP contribution in [0.3, 0.4) is 0 Å². The molecule has 1 aromatic rings. The normalized spacial score (nSPS) is 10.9. The molecule has 104 valence electrons. The minimum absolute atomic E-state index is 0.00208.